The molecule has 2 aromatic carbocycles. The smallest absolute Gasteiger partial charge is 0.254 e. The molecular formula is C23H23N3O2. The lowest BCUT2D eigenvalue weighted by molar-refractivity contribution is 0.0597. The Morgan fingerprint density at radius 3 is 1.96 bits per heavy atom. The Morgan fingerprint density at radius 1 is 0.857 bits per heavy atom. The fourth-order valence-electron chi connectivity index (χ4n) is 3.80. The van der Waals surface area contributed by atoms with Crippen LogP contribution >= 0.6 is 0 Å². The van der Waals surface area contributed by atoms with Crippen LogP contribution in [0, 0.1) is 0 Å². The van der Waals surface area contributed by atoms with Gasteiger partial charge in [-0.25, -0.2) is 4.98 Å². The lowest BCUT2D eigenvalue weighted by atomic mass is 9.96. The first-order chi connectivity index (χ1) is 13.7. The Morgan fingerprint density at radius 2 is 1.43 bits per heavy atom. The predicted molar refractivity (Wildman–Crippen MR) is 108 cm³/mol. The second-order valence-corrected chi connectivity index (χ2v) is 6.95. The summed E-state index contributed by atoms with van der Waals surface area (Å²) in [6.07, 6.45) is 1.46. The molecule has 5 nitrogen and oxygen atoms in total. The molecule has 28 heavy (non-hydrogen) atoms. The van der Waals surface area contributed by atoms with E-state index in [0.717, 1.165) is 13.1 Å². The molecule has 0 saturated carbocycles. The summed E-state index contributed by atoms with van der Waals surface area (Å²) in [5.41, 5.74) is 2.99. The van der Waals surface area contributed by atoms with Crippen LogP contribution in [0.5, 0.6) is 5.88 Å². The van der Waals surface area contributed by atoms with Gasteiger partial charge in [0.05, 0.1) is 6.04 Å². The molecule has 0 unspecified atom stereocenters. The third-order valence-corrected chi connectivity index (χ3v) is 5.19. The number of aromatic hydroxyl groups is 1. The van der Waals surface area contributed by atoms with E-state index in [2.05, 4.69) is 58.4 Å². The molecule has 1 aliphatic rings. The molecule has 1 saturated heterocycles. The molecule has 1 aliphatic heterocycles. The van der Waals surface area contributed by atoms with Crippen molar-refractivity contribution in [2.75, 3.05) is 26.2 Å². The minimum absolute atomic E-state index is 0.0617. The second-order valence-electron chi connectivity index (χ2n) is 6.95. The van der Waals surface area contributed by atoms with Crippen molar-refractivity contribution in [2.45, 2.75) is 6.04 Å². The molecule has 1 N–H and O–H groups in total. The van der Waals surface area contributed by atoms with Gasteiger partial charge in [-0.15, -0.1) is 0 Å². The molecule has 5 heteroatoms. The summed E-state index contributed by atoms with van der Waals surface area (Å²) >= 11 is 0. The van der Waals surface area contributed by atoms with Gasteiger partial charge < -0.3 is 10.0 Å². The van der Waals surface area contributed by atoms with Crippen molar-refractivity contribution in [2.24, 2.45) is 0 Å². The first kappa shape index (κ1) is 18.2. The molecule has 142 valence electrons. The number of hydrogen-bond acceptors (Lipinski definition) is 4. The Bertz CT molecular complexity index is 883. The molecule has 0 bridgehead atoms. The van der Waals surface area contributed by atoms with Gasteiger partial charge in [-0.2, -0.15) is 0 Å². The number of amides is 1. The summed E-state index contributed by atoms with van der Waals surface area (Å²) in [5.74, 6) is -0.189. The molecule has 1 amide bonds. The van der Waals surface area contributed by atoms with Crippen LogP contribution in [0.2, 0.25) is 0 Å². The van der Waals surface area contributed by atoms with Crippen molar-refractivity contribution >= 4 is 5.91 Å². The van der Waals surface area contributed by atoms with Gasteiger partial charge >= 0.3 is 0 Å². The largest absolute Gasteiger partial charge is 0.493 e. The predicted octanol–water partition coefficient (Wildman–Crippen LogP) is 3.33. The molecule has 1 aromatic heterocycles. The number of carbonyl (C=O) groups is 1. The highest BCUT2D eigenvalue weighted by Gasteiger charge is 2.28. The van der Waals surface area contributed by atoms with Gasteiger partial charge in [0.25, 0.3) is 5.91 Å². The van der Waals surface area contributed by atoms with E-state index in [-0.39, 0.29) is 17.8 Å². The fourth-order valence-corrected chi connectivity index (χ4v) is 3.80. The first-order valence-corrected chi connectivity index (χ1v) is 9.50. The maximum Gasteiger partial charge on any atom is 0.254 e. The Labute approximate surface area is 164 Å². The monoisotopic (exact) mass is 373 g/mol. The average Bonchev–Trinajstić information content (AvgIpc) is 2.75. The van der Waals surface area contributed by atoms with E-state index in [1.165, 1.54) is 23.4 Å². The van der Waals surface area contributed by atoms with E-state index in [4.69, 9.17) is 0 Å². The van der Waals surface area contributed by atoms with Crippen molar-refractivity contribution < 1.29 is 9.90 Å². The molecule has 1 fully saturated rings. The van der Waals surface area contributed by atoms with E-state index < -0.39 is 0 Å². The van der Waals surface area contributed by atoms with Crippen LogP contribution in [0.1, 0.15) is 27.5 Å². The summed E-state index contributed by atoms with van der Waals surface area (Å²) in [6.45, 7) is 2.88. The van der Waals surface area contributed by atoms with E-state index in [1.54, 1.807) is 6.07 Å². The van der Waals surface area contributed by atoms with Crippen LogP contribution in [0.25, 0.3) is 0 Å². The number of nitrogens with zero attached hydrogens (tertiary/aromatic N) is 3. The minimum atomic E-state index is -0.127. The normalized spacial score (nSPS) is 15.0. The zero-order valence-corrected chi connectivity index (χ0v) is 15.6. The SMILES string of the molecule is O=C(c1ccnc(O)c1)N1CCN(C(c2ccccc2)c2ccccc2)CC1. The summed E-state index contributed by atoms with van der Waals surface area (Å²) in [5, 5.41) is 9.54. The highest BCUT2D eigenvalue weighted by molar-refractivity contribution is 5.94. The van der Waals surface area contributed by atoms with Gasteiger partial charge in [0.15, 0.2) is 0 Å². The average molecular weight is 373 g/mol. The molecule has 3 aromatic rings. The summed E-state index contributed by atoms with van der Waals surface area (Å²) in [4.78, 5) is 20.8. The van der Waals surface area contributed by atoms with Crippen LogP contribution in [0.4, 0.5) is 0 Å². The molecule has 2 heterocycles. The van der Waals surface area contributed by atoms with E-state index in [0.29, 0.717) is 18.7 Å². The minimum Gasteiger partial charge on any atom is -0.493 e. The quantitative estimate of drug-likeness (QED) is 0.762. The number of carbonyl (C=O) groups excluding carboxylic acids is 1. The summed E-state index contributed by atoms with van der Waals surface area (Å²) < 4.78 is 0. The molecule has 0 radical (unpaired) electrons. The van der Waals surface area contributed by atoms with Crippen molar-refractivity contribution in [3.05, 3.63) is 95.7 Å². The molecular weight excluding hydrogens is 350 g/mol. The van der Waals surface area contributed by atoms with E-state index in [1.807, 2.05) is 17.0 Å². The summed E-state index contributed by atoms with van der Waals surface area (Å²) in [6, 6.07) is 24.2. The number of aromatic nitrogens is 1. The number of rotatable bonds is 4. The molecule has 0 aliphatic carbocycles. The Balaban J connectivity index is 1.51. The van der Waals surface area contributed by atoms with E-state index >= 15 is 0 Å². The third kappa shape index (κ3) is 3.89. The van der Waals surface area contributed by atoms with Crippen LogP contribution in [0.3, 0.4) is 0 Å². The highest BCUT2D eigenvalue weighted by Crippen LogP contribution is 2.29. The first-order valence-electron chi connectivity index (χ1n) is 9.50. The summed E-state index contributed by atoms with van der Waals surface area (Å²) in [7, 11) is 0. The standard InChI is InChI=1S/C23H23N3O2/c27-21-17-20(11-12-24-21)23(28)26-15-13-25(14-16-26)22(18-7-3-1-4-8-18)19-9-5-2-6-10-19/h1-12,17,22H,13-16H2,(H,24,27). The van der Waals surface area contributed by atoms with E-state index in [9.17, 15) is 9.90 Å². The molecule has 0 atom stereocenters. The zero-order valence-electron chi connectivity index (χ0n) is 15.6. The highest BCUT2D eigenvalue weighted by atomic mass is 16.3. The number of benzene rings is 2. The number of hydrogen-bond donors (Lipinski definition) is 1. The van der Waals surface area contributed by atoms with Gasteiger partial charge in [-0.05, 0) is 17.2 Å². The van der Waals surface area contributed by atoms with Crippen LogP contribution in [0.15, 0.2) is 79.0 Å². The number of piperazine rings is 1. The van der Waals surface area contributed by atoms with Crippen LogP contribution in [-0.4, -0.2) is 52.0 Å². The number of pyridine rings is 1. The van der Waals surface area contributed by atoms with Crippen molar-refractivity contribution in [3.63, 3.8) is 0 Å². The van der Waals surface area contributed by atoms with Crippen molar-refractivity contribution in [1.82, 2.24) is 14.8 Å². The van der Waals surface area contributed by atoms with Crippen LogP contribution < -0.4 is 0 Å². The Hall–Kier alpha value is -3.18. The topological polar surface area (TPSA) is 56.7 Å². The van der Waals surface area contributed by atoms with Gasteiger partial charge in [-0.3, -0.25) is 9.69 Å². The maximum absolute atomic E-state index is 12.7. The Kier molecular flexibility index (Phi) is 5.35. The zero-order chi connectivity index (χ0) is 19.3. The maximum atomic E-state index is 12.7. The third-order valence-electron chi connectivity index (χ3n) is 5.19. The van der Waals surface area contributed by atoms with Crippen molar-refractivity contribution in [1.29, 1.82) is 0 Å². The second kappa shape index (κ2) is 8.23. The van der Waals surface area contributed by atoms with Gasteiger partial charge in [0.1, 0.15) is 0 Å². The van der Waals surface area contributed by atoms with Crippen LogP contribution in [-0.2, 0) is 0 Å². The fraction of sp³-hybridized carbons (Fsp3) is 0.217. The lowest BCUT2D eigenvalue weighted by Crippen LogP contribution is -2.49. The van der Waals surface area contributed by atoms with Gasteiger partial charge in [0.2, 0.25) is 5.88 Å². The molecule has 0 spiro atoms. The lowest BCUT2D eigenvalue weighted by Gasteiger charge is -2.39. The molecule has 4 rings (SSSR count). The van der Waals surface area contributed by atoms with Crippen molar-refractivity contribution in [3.8, 4) is 5.88 Å². The van der Waals surface area contributed by atoms with Gasteiger partial charge in [0, 0.05) is 44.0 Å². The van der Waals surface area contributed by atoms with Gasteiger partial charge in [-0.1, -0.05) is 60.7 Å².